The molecule has 0 aliphatic carbocycles. The van der Waals surface area contributed by atoms with E-state index in [1.165, 1.54) is 0 Å². The summed E-state index contributed by atoms with van der Waals surface area (Å²) in [6, 6.07) is 12.5. The number of carbonyl (C=O) groups is 3. The lowest BCUT2D eigenvalue weighted by Gasteiger charge is -2.24. The van der Waals surface area contributed by atoms with Gasteiger partial charge in [-0.15, -0.1) is 0 Å². The van der Waals surface area contributed by atoms with E-state index in [0.717, 1.165) is 24.9 Å². The van der Waals surface area contributed by atoms with E-state index in [4.69, 9.17) is 5.21 Å². The summed E-state index contributed by atoms with van der Waals surface area (Å²) in [6.07, 6.45) is 1.83. The standard InChI is InChI=1S/C29H35N5O4/c1-4-18-30-20-26(35)32-25-16-12-23(13-17-25)9-7-6-8-22-10-14-24(15-11-22)28(36)33-27(29(37)34-38)21(3)31-19-5-2/h10-17,21,27,30-31,38H,4-5,18-20H2,1-3H3,(H,32,35)(H,33,36)(H,34,37). The summed E-state index contributed by atoms with van der Waals surface area (Å²) < 4.78 is 0. The van der Waals surface area contributed by atoms with Gasteiger partial charge in [-0.05, 0) is 93.2 Å². The number of nitrogens with one attached hydrogen (secondary N) is 5. The molecule has 0 radical (unpaired) electrons. The second-order valence-electron chi connectivity index (χ2n) is 8.55. The van der Waals surface area contributed by atoms with E-state index in [1.54, 1.807) is 60.9 Å². The highest BCUT2D eigenvalue weighted by Gasteiger charge is 2.26. The lowest BCUT2D eigenvalue weighted by atomic mass is 10.1. The van der Waals surface area contributed by atoms with E-state index in [-0.39, 0.29) is 18.5 Å². The van der Waals surface area contributed by atoms with E-state index in [1.807, 2.05) is 13.8 Å². The quantitative estimate of drug-likeness (QED) is 0.111. The van der Waals surface area contributed by atoms with Gasteiger partial charge in [0.1, 0.15) is 6.04 Å². The van der Waals surface area contributed by atoms with Gasteiger partial charge in [-0.1, -0.05) is 25.7 Å². The Morgan fingerprint density at radius 1 is 0.868 bits per heavy atom. The molecule has 2 unspecified atom stereocenters. The van der Waals surface area contributed by atoms with Crippen molar-refractivity contribution >= 4 is 23.4 Å². The Kier molecular flexibility index (Phi) is 13.1. The Morgan fingerprint density at radius 2 is 1.45 bits per heavy atom. The average molecular weight is 518 g/mol. The van der Waals surface area contributed by atoms with Crippen LogP contribution in [0.3, 0.4) is 0 Å². The van der Waals surface area contributed by atoms with Crippen LogP contribution in [-0.2, 0) is 9.59 Å². The van der Waals surface area contributed by atoms with Crippen molar-refractivity contribution in [1.82, 2.24) is 21.4 Å². The molecule has 0 heterocycles. The largest absolute Gasteiger partial charge is 0.339 e. The first-order valence-corrected chi connectivity index (χ1v) is 12.6. The Bertz CT molecular complexity index is 1190. The fraction of sp³-hybridized carbons (Fsp3) is 0.345. The molecule has 2 aromatic carbocycles. The maximum Gasteiger partial charge on any atom is 0.267 e. The Balaban J connectivity index is 1.94. The van der Waals surface area contributed by atoms with E-state index in [0.29, 0.717) is 23.4 Å². The number of anilines is 1. The van der Waals surface area contributed by atoms with Gasteiger partial charge in [0.05, 0.1) is 6.54 Å². The zero-order valence-corrected chi connectivity index (χ0v) is 22.0. The molecule has 3 amide bonds. The zero-order chi connectivity index (χ0) is 27.8. The van der Waals surface area contributed by atoms with Crippen LogP contribution in [0, 0.1) is 23.7 Å². The molecule has 0 aliphatic rings. The van der Waals surface area contributed by atoms with Crippen molar-refractivity contribution in [3.63, 3.8) is 0 Å². The van der Waals surface area contributed by atoms with Crippen molar-refractivity contribution in [3.8, 4) is 23.7 Å². The first kappa shape index (κ1) is 30.1. The molecule has 9 heteroatoms. The van der Waals surface area contributed by atoms with Crippen LogP contribution in [0.5, 0.6) is 0 Å². The first-order chi connectivity index (χ1) is 18.4. The predicted octanol–water partition coefficient (Wildman–Crippen LogP) is 2.02. The zero-order valence-electron chi connectivity index (χ0n) is 22.0. The van der Waals surface area contributed by atoms with Crippen LogP contribution in [0.25, 0.3) is 0 Å². The van der Waals surface area contributed by atoms with Crippen LogP contribution >= 0.6 is 0 Å². The lowest BCUT2D eigenvalue weighted by Crippen LogP contribution is -2.56. The molecule has 38 heavy (non-hydrogen) atoms. The molecule has 9 nitrogen and oxygen atoms in total. The van der Waals surface area contributed by atoms with Gasteiger partial charge < -0.3 is 21.3 Å². The summed E-state index contributed by atoms with van der Waals surface area (Å²) in [5.41, 5.74) is 4.09. The molecule has 2 atom stereocenters. The minimum atomic E-state index is -0.943. The minimum Gasteiger partial charge on any atom is -0.339 e. The van der Waals surface area contributed by atoms with Crippen molar-refractivity contribution < 1.29 is 19.6 Å². The number of amides is 3. The van der Waals surface area contributed by atoms with Crippen LogP contribution in [0.15, 0.2) is 48.5 Å². The third-order valence-corrected chi connectivity index (χ3v) is 5.40. The molecule has 6 N–H and O–H groups in total. The molecule has 0 spiro atoms. The fourth-order valence-corrected chi connectivity index (χ4v) is 3.33. The van der Waals surface area contributed by atoms with Crippen molar-refractivity contribution in [1.29, 1.82) is 0 Å². The number of hydrogen-bond acceptors (Lipinski definition) is 6. The maximum atomic E-state index is 12.6. The number of rotatable bonds is 12. The van der Waals surface area contributed by atoms with Gasteiger partial charge in [0.15, 0.2) is 0 Å². The summed E-state index contributed by atoms with van der Waals surface area (Å²) >= 11 is 0. The number of carbonyl (C=O) groups excluding carboxylic acids is 3. The number of benzene rings is 2. The Hall–Kier alpha value is -4.15. The minimum absolute atomic E-state index is 0.0966. The van der Waals surface area contributed by atoms with Crippen LogP contribution in [0.4, 0.5) is 5.69 Å². The molecule has 2 aromatic rings. The summed E-state index contributed by atoms with van der Waals surface area (Å²) in [5, 5.41) is 20.7. The van der Waals surface area contributed by atoms with Gasteiger partial charge in [0.25, 0.3) is 11.8 Å². The Morgan fingerprint density at radius 3 is 2.00 bits per heavy atom. The van der Waals surface area contributed by atoms with Crippen LogP contribution in [0.1, 0.15) is 55.1 Å². The fourth-order valence-electron chi connectivity index (χ4n) is 3.33. The second-order valence-corrected chi connectivity index (χ2v) is 8.55. The molecule has 0 bridgehead atoms. The average Bonchev–Trinajstić information content (AvgIpc) is 2.93. The number of hydroxylamine groups is 1. The summed E-state index contributed by atoms with van der Waals surface area (Å²) in [7, 11) is 0. The van der Waals surface area contributed by atoms with Crippen LogP contribution < -0.4 is 26.7 Å². The van der Waals surface area contributed by atoms with Crippen LogP contribution in [-0.4, -0.2) is 54.6 Å². The highest BCUT2D eigenvalue weighted by molar-refractivity contribution is 5.97. The van der Waals surface area contributed by atoms with Gasteiger partial charge in [-0.2, -0.15) is 0 Å². The Labute approximate surface area is 224 Å². The smallest absolute Gasteiger partial charge is 0.267 e. The van der Waals surface area contributed by atoms with E-state index in [9.17, 15) is 14.4 Å². The highest BCUT2D eigenvalue weighted by atomic mass is 16.5. The van der Waals surface area contributed by atoms with E-state index in [2.05, 4.69) is 44.9 Å². The molecule has 0 saturated heterocycles. The lowest BCUT2D eigenvalue weighted by molar-refractivity contribution is -0.131. The van der Waals surface area contributed by atoms with Crippen LogP contribution in [0.2, 0.25) is 0 Å². The molecule has 0 saturated carbocycles. The predicted molar refractivity (Wildman–Crippen MR) is 147 cm³/mol. The highest BCUT2D eigenvalue weighted by Crippen LogP contribution is 2.09. The molecule has 2 rings (SSSR count). The molecule has 0 aliphatic heterocycles. The summed E-state index contributed by atoms with van der Waals surface area (Å²) in [5.74, 6) is 10.2. The monoisotopic (exact) mass is 517 g/mol. The van der Waals surface area contributed by atoms with Crippen molar-refractivity contribution in [2.24, 2.45) is 0 Å². The third kappa shape index (κ3) is 10.5. The van der Waals surface area contributed by atoms with Crippen molar-refractivity contribution in [2.75, 3.05) is 25.0 Å². The molecule has 0 aromatic heterocycles. The molecule has 200 valence electrons. The topological polar surface area (TPSA) is 132 Å². The second kappa shape index (κ2) is 16.6. The maximum absolute atomic E-state index is 12.6. The third-order valence-electron chi connectivity index (χ3n) is 5.40. The van der Waals surface area contributed by atoms with E-state index >= 15 is 0 Å². The van der Waals surface area contributed by atoms with Gasteiger partial charge in [0.2, 0.25) is 5.91 Å². The molecular weight excluding hydrogens is 482 g/mol. The first-order valence-electron chi connectivity index (χ1n) is 12.6. The van der Waals surface area contributed by atoms with Gasteiger partial charge in [-0.25, -0.2) is 5.48 Å². The van der Waals surface area contributed by atoms with Crippen molar-refractivity contribution in [3.05, 3.63) is 65.2 Å². The molecular formula is C29H35N5O4. The SMILES string of the molecule is CCCNCC(=O)Nc1ccc(C#CC#Cc2ccc(C(=O)NC(C(=O)NO)C(C)NCCC)cc2)cc1. The summed E-state index contributed by atoms with van der Waals surface area (Å²) in [6.45, 7) is 7.53. The van der Waals surface area contributed by atoms with E-state index < -0.39 is 17.9 Å². The summed E-state index contributed by atoms with van der Waals surface area (Å²) in [4.78, 5) is 36.5. The van der Waals surface area contributed by atoms with Crippen molar-refractivity contribution in [2.45, 2.75) is 45.7 Å². The van der Waals surface area contributed by atoms with Gasteiger partial charge >= 0.3 is 0 Å². The number of hydrogen-bond donors (Lipinski definition) is 6. The van der Waals surface area contributed by atoms with Gasteiger partial charge in [0, 0.05) is 28.4 Å². The molecule has 0 fully saturated rings. The van der Waals surface area contributed by atoms with Gasteiger partial charge in [-0.3, -0.25) is 19.6 Å². The normalized spacial score (nSPS) is 11.6.